The molecular weight excluding hydrogens is 311 g/mol. The van der Waals surface area contributed by atoms with Crippen LogP contribution in [0.25, 0.3) is 0 Å². The van der Waals surface area contributed by atoms with Gasteiger partial charge in [-0.1, -0.05) is 24.3 Å². The fraction of sp³-hybridized carbons (Fsp3) is 0.125. The summed E-state index contributed by atoms with van der Waals surface area (Å²) in [4.78, 5) is 23.7. The SMILES string of the molecule is CC(=O)c1ccccc1C(=O)Nc1cccc(OC(F)(F)F)c1. The number of ether oxygens (including phenoxy) is 1. The van der Waals surface area contributed by atoms with E-state index < -0.39 is 18.0 Å². The van der Waals surface area contributed by atoms with E-state index in [2.05, 4.69) is 10.1 Å². The predicted octanol–water partition coefficient (Wildman–Crippen LogP) is 4.04. The maximum atomic E-state index is 12.2. The Morgan fingerprint density at radius 3 is 2.26 bits per heavy atom. The molecule has 4 nitrogen and oxygen atoms in total. The lowest BCUT2D eigenvalue weighted by Gasteiger charge is -2.11. The van der Waals surface area contributed by atoms with Gasteiger partial charge in [0.25, 0.3) is 5.91 Å². The minimum absolute atomic E-state index is 0.120. The molecule has 0 heterocycles. The lowest BCUT2D eigenvalue weighted by Crippen LogP contribution is -2.18. The Labute approximate surface area is 129 Å². The van der Waals surface area contributed by atoms with Crippen LogP contribution in [0.4, 0.5) is 18.9 Å². The van der Waals surface area contributed by atoms with Crippen LogP contribution in [0, 0.1) is 0 Å². The Hall–Kier alpha value is -2.83. The molecule has 0 fully saturated rings. The first kappa shape index (κ1) is 16.5. The number of anilines is 1. The van der Waals surface area contributed by atoms with Crippen LogP contribution >= 0.6 is 0 Å². The standard InChI is InChI=1S/C16H12F3NO3/c1-10(21)13-7-2-3-8-14(13)15(22)20-11-5-4-6-12(9-11)23-16(17,18)19/h2-9H,1H3,(H,20,22). The zero-order chi connectivity index (χ0) is 17.0. The summed E-state index contributed by atoms with van der Waals surface area (Å²) in [6, 6.07) is 11.1. The van der Waals surface area contributed by atoms with Crippen molar-refractivity contribution in [2.45, 2.75) is 13.3 Å². The maximum Gasteiger partial charge on any atom is 0.573 e. The van der Waals surface area contributed by atoms with Gasteiger partial charge in [-0.3, -0.25) is 9.59 Å². The summed E-state index contributed by atoms with van der Waals surface area (Å²) in [5.41, 5.74) is 0.491. The second kappa shape index (κ2) is 6.51. The van der Waals surface area contributed by atoms with E-state index in [0.717, 1.165) is 12.1 Å². The van der Waals surface area contributed by atoms with Crippen molar-refractivity contribution < 1.29 is 27.5 Å². The number of rotatable bonds is 4. The first-order chi connectivity index (χ1) is 10.8. The Bertz CT molecular complexity index is 741. The summed E-state index contributed by atoms with van der Waals surface area (Å²) in [5, 5.41) is 2.44. The highest BCUT2D eigenvalue weighted by Crippen LogP contribution is 2.25. The third-order valence-electron chi connectivity index (χ3n) is 2.88. The minimum atomic E-state index is -4.82. The van der Waals surface area contributed by atoms with Gasteiger partial charge in [-0.05, 0) is 25.1 Å². The van der Waals surface area contributed by atoms with Gasteiger partial charge in [-0.15, -0.1) is 13.2 Å². The summed E-state index contributed by atoms with van der Waals surface area (Å²) < 4.78 is 40.4. The zero-order valence-corrected chi connectivity index (χ0v) is 12.0. The Morgan fingerprint density at radius 2 is 1.65 bits per heavy atom. The van der Waals surface area contributed by atoms with E-state index in [0.29, 0.717) is 0 Å². The number of halogens is 3. The molecule has 2 aromatic carbocycles. The van der Waals surface area contributed by atoms with Crippen molar-refractivity contribution in [3.05, 3.63) is 59.7 Å². The summed E-state index contributed by atoms with van der Waals surface area (Å²) in [6.07, 6.45) is -4.82. The second-order valence-corrected chi connectivity index (χ2v) is 4.63. The van der Waals surface area contributed by atoms with E-state index in [4.69, 9.17) is 0 Å². The van der Waals surface area contributed by atoms with Gasteiger partial charge in [0.15, 0.2) is 5.78 Å². The maximum absolute atomic E-state index is 12.2. The number of benzene rings is 2. The van der Waals surface area contributed by atoms with Crippen LogP contribution < -0.4 is 10.1 Å². The van der Waals surface area contributed by atoms with Crippen LogP contribution in [-0.4, -0.2) is 18.1 Å². The Balaban J connectivity index is 2.21. The highest BCUT2D eigenvalue weighted by atomic mass is 19.4. The molecule has 0 aromatic heterocycles. The fourth-order valence-electron chi connectivity index (χ4n) is 1.96. The predicted molar refractivity (Wildman–Crippen MR) is 77.5 cm³/mol. The number of nitrogens with one attached hydrogen (secondary N) is 1. The number of ketones is 1. The van der Waals surface area contributed by atoms with Crippen molar-refractivity contribution >= 4 is 17.4 Å². The molecule has 0 spiro atoms. The molecule has 0 aliphatic rings. The molecule has 120 valence electrons. The summed E-state index contributed by atoms with van der Waals surface area (Å²) >= 11 is 0. The first-order valence-electron chi connectivity index (χ1n) is 6.53. The third kappa shape index (κ3) is 4.57. The normalized spacial score (nSPS) is 11.0. The highest BCUT2D eigenvalue weighted by molar-refractivity contribution is 6.12. The molecule has 2 rings (SSSR count). The molecule has 0 aliphatic carbocycles. The number of Topliss-reactive ketones (excluding diaryl/α,β-unsaturated/α-hetero) is 1. The van der Waals surface area contributed by atoms with Crippen molar-refractivity contribution in [1.29, 1.82) is 0 Å². The quantitative estimate of drug-likeness (QED) is 0.864. The largest absolute Gasteiger partial charge is 0.573 e. The monoisotopic (exact) mass is 323 g/mol. The van der Waals surface area contributed by atoms with Gasteiger partial charge >= 0.3 is 6.36 Å². The van der Waals surface area contributed by atoms with Gasteiger partial charge in [-0.25, -0.2) is 0 Å². The molecule has 1 amide bonds. The number of carbonyl (C=O) groups excluding carboxylic acids is 2. The average molecular weight is 323 g/mol. The molecule has 0 radical (unpaired) electrons. The average Bonchev–Trinajstić information content (AvgIpc) is 2.45. The van der Waals surface area contributed by atoms with Crippen LogP contribution in [0.1, 0.15) is 27.6 Å². The molecule has 0 atom stereocenters. The van der Waals surface area contributed by atoms with Gasteiger partial charge in [0, 0.05) is 17.3 Å². The van der Waals surface area contributed by atoms with E-state index >= 15 is 0 Å². The molecule has 2 aromatic rings. The minimum Gasteiger partial charge on any atom is -0.406 e. The molecule has 0 unspecified atom stereocenters. The van der Waals surface area contributed by atoms with E-state index in [9.17, 15) is 22.8 Å². The number of alkyl halides is 3. The lowest BCUT2D eigenvalue weighted by atomic mass is 10.0. The molecule has 23 heavy (non-hydrogen) atoms. The summed E-state index contributed by atoms with van der Waals surface area (Å²) in [7, 11) is 0. The zero-order valence-electron chi connectivity index (χ0n) is 12.0. The molecule has 1 N–H and O–H groups in total. The highest BCUT2D eigenvalue weighted by Gasteiger charge is 2.31. The Kier molecular flexibility index (Phi) is 4.68. The van der Waals surface area contributed by atoms with Crippen molar-refractivity contribution in [2.75, 3.05) is 5.32 Å². The van der Waals surface area contributed by atoms with Gasteiger partial charge in [0.05, 0.1) is 5.56 Å². The first-order valence-corrected chi connectivity index (χ1v) is 6.53. The van der Waals surface area contributed by atoms with Gasteiger partial charge in [0.1, 0.15) is 5.75 Å². The summed E-state index contributed by atoms with van der Waals surface area (Å²) in [5.74, 6) is -1.33. The lowest BCUT2D eigenvalue weighted by molar-refractivity contribution is -0.274. The van der Waals surface area contributed by atoms with Crippen molar-refractivity contribution in [3.8, 4) is 5.75 Å². The van der Waals surface area contributed by atoms with E-state index in [1.807, 2.05) is 0 Å². The van der Waals surface area contributed by atoms with Crippen LogP contribution in [0.3, 0.4) is 0 Å². The molecular formula is C16H12F3NO3. The van der Waals surface area contributed by atoms with Gasteiger partial charge in [0.2, 0.25) is 0 Å². The van der Waals surface area contributed by atoms with Gasteiger partial charge in [-0.2, -0.15) is 0 Å². The third-order valence-corrected chi connectivity index (χ3v) is 2.88. The number of hydrogen-bond acceptors (Lipinski definition) is 3. The number of amides is 1. The van der Waals surface area contributed by atoms with Crippen LogP contribution in [0.5, 0.6) is 5.75 Å². The second-order valence-electron chi connectivity index (χ2n) is 4.63. The molecule has 0 saturated heterocycles. The van der Waals surface area contributed by atoms with Crippen LogP contribution in [0.2, 0.25) is 0 Å². The smallest absolute Gasteiger partial charge is 0.406 e. The summed E-state index contributed by atoms with van der Waals surface area (Å²) in [6.45, 7) is 1.32. The van der Waals surface area contributed by atoms with Crippen molar-refractivity contribution in [2.24, 2.45) is 0 Å². The van der Waals surface area contributed by atoms with E-state index in [1.165, 1.54) is 31.2 Å². The molecule has 0 saturated carbocycles. The Morgan fingerprint density at radius 1 is 1.00 bits per heavy atom. The number of hydrogen-bond donors (Lipinski definition) is 1. The van der Waals surface area contributed by atoms with Crippen molar-refractivity contribution in [3.63, 3.8) is 0 Å². The van der Waals surface area contributed by atoms with Gasteiger partial charge < -0.3 is 10.1 Å². The van der Waals surface area contributed by atoms with Crippen LogP contribution in [0.15, 0.2) is 48.5 Å². The fourth-order valence-corrected chi connectivity index (χ4v) is 1.96. The van der Waals surface area contributed by atoms with Crippen LogP contribution in [-0.2, 0) is 0 Å². The molecule has 0 bridgehead atoms. The molecule has 0 aliphatic heterocycles. The molecule has 7 heteroatoms. The van der Waals surface area contributed by atoms with E-state index in [-0.39, 0.29) is 22.6 Å². The van der Waals surface area contributed by atoms with Crippen molar-refractivity contribution in [1.82, 2.24) is 0 Å². The number of carbonyl (C=O) groups is 2. The van der Waals surface area contributed by atoms with E-state index in [1.54, 1.807) is 12.1 Å². The topological polar surface area (TPSA) is 55.4 Å².